The zero-order valence-electron chi connectivity index (χ0n) is 14.3. The standard InChI is InChI=1S/C21H17N5/c1-15-6-8-17(9-7-15)20-24-19-5-3-2-4-18(19)21(25-20)26-23-14-16-10-12-22-13-11-16/h2-14H,1H3,(H,24,25,26). The third-order valence-electron chi connectivity index (χ3n) is 4.00. The molecule has 1 N–H and O–H groups in total. The number of anilines is 1. The van der Waals surface area contributed by atoms with Gasteiger partial charge in [-0.3, -0.25) is 10.4 Å². The Bertz CT molecular complexity index is 1060. The van der Waals surface area contributed by atoms with Crippen LogP contribution in [0.1, 0.15) is 11.1 Å². The number of hydrazone groups is 1. The molecular formula is C21H17N5. The molecule has 0 amide bonds. The van der Waals surface area contributed by atoms with E-state index in [-0.39, 0.29) is 0 Å². The summed E-state index contributed by atoms with van der Waals surface area (Å²) in [7, 11) is 0. The van der Waals surface area contributed by atoms with Gasteiger partial charge in [-0.15, -0.1) is 0 Å². The van der Waals surface area contributed by atoms with Crippen LogP contribution in [-0.4, -0.2) is 21.2 Å². The summed E-state index contributed by atoms with van der Waals surface area (Å²) in [5.74, 6) is 1.35. The normalized spacial score (nSPS) is 11.1. The molecule has 5 nitrogen and oxygen atoms in total. The molecule has 0 radical (unpaired) electrons. The number of rotatable bonds is 4. The molecular weight excluding hydrogens is 322 g/mol. The van der Waals surface area contributed by atoms with Gasteiger partial charge in [-0.05, 0) is 36.8 Å². The first-order chi connectivity index (χ1) is 12.8. The number of hydrogen-bond acceptors (Lipinski definition) is 5. The van der Waals surface area contributed by atoms with Crippen molar-refractivity contribution in [2.45, 2.75) is 6.92 Å². The van der Waals surface area contributed by atoms with Crippen molar-refractivity contribution in [2.75, 3.05) is 5.43 Å². The van der Waals surface area contributed by atoms with Crippen LogP contribution in [0.4, 0.5) is 5.82 Å². The van der Waals surface area contributed by atoms with Gasteiger partial charge in [-0.25, -0.2) is 9.97 Å². The molecule has 5 heteroatoms. The Balaban J connectivity index is 1.72. The fourth-order valence-corrected chi connectivity index (χ4v) is 2.61. The lowest BCUT2D eigenvalue weighted by Gasteiger charge is -2.08. The highest BCUT2D eigenvalue weighted by Crippen LogP contribution is 2.25. The Morgan fingerprint density at radius 2 is 1.65 bits per heavy atom. The summed E-state index contributed by atoms with van der Waals surface area (Å²) in [5.41, 5.74) is 7.07. The summed E-state index contributed by atoms with van der Waals surface area (Å²) >= 11 is 0. The minimum absolute atomic E-state index is 0.672. The van der Waals surface area contributed by atoms with Gasteiger partial charge >= 0.3 is 0 Å². The predicted molar refractivity (Wildman–Crippen MR) is 105 cm³/mol. The number of nitrogens with zero attached hydrogens (tertiary/aromatic N) is 4. The monoisotopic (exact) mass is 339 g/mol. The van der Waals surface area contributed by atoms with Crippen molar-refractivity contribution in [1.82, 2.24) is 15.0 Å². The molecule has 0 aliphatic rings. The molecule has 2 aromatic heterocycles. The first-order valence-corrected chi connectivity index (χ1v) is 8.32. The fourth-order valence-electron chi connectivity index (χ4n) is 2.61. The Morgan fingerprint density at radius 1 is 0.885 bits per heavy atom. The minimum atomic E-state index is 0.672. The van der Waals surface area contributed by atoms with E-state index in [4.69, 9.17) is 4.98 Å². The summed E-state index contributed by atoms with van der Waals surface area (Å²) < 4.78 is 0. The van der Waals surface area contributed by atoms with E-state index in [1.54, 1.807) is 18.6 Å². The SMILES string of the molecule is Cc1ccc(-c2nc(NN=Cc3ccncc3)c3ccccc3n2)cc1. The van der Waals surface area contributed by atoms with Crippen LogP contribution in [0.15, 0.2) is 78.2 Å². The zero-order chi connectivity index (χ0) is 17.8. The maximum atomic E-state index is 4.69. The number of aromatic nitrogens is 3. The van der Waals surface area contributed by atoms with Gasteiger partial charge in [0, 0.05) is 23.3 Å². The maximum absolute atomic E-state index is 4.69. The van der Waals surface area contributed by atoms with E-state index in [1.807, 2.05) is 48.5 Å². The molecule has 126 valence electrons. The van der Waals surface area contributed by atoms with Gasteiger partial charge in [-0.1, -0.05) is 42.0 Å². The number of fused-ring (bicyclic) bond motifs is 1. The number of pyridine rings is 1. The molecule has 0 saturated carbocycles. The highest BCUT2D eigenvalue weighted by molar-refractivity contribution is 5.91. The minimum Gasteiger partial charge on any atom is -0.265 e. The van der Waals surface area contributed by atoms with E-state index in [1.165, 1.54) is 5.56 Å². The van der Waals surface area contributed by atoms with Crippen LogP contribution < -0.4 is 5.43 Å². The molecule has 26 heavy (non-hydrogen) atoms. The molecule has 4 aromatic rings. The van der Waals surface area contributed by atoms with E-state index >= 15 is 0 Å². The number of para-hydroxylation sites is 1. The van der Waals surface area contributed by atoms with E-state index in [9.17, 15) is 0 Å². The average molecular weight is 339 g/mol. The predicted octanol–water partition coefficient (Wildman–Crippen LogP) is 4.45. The van der Waals surface area contributed by atoms with Crippen LogP contribution >= 0.6 is 0 Å². The fraction of sp³-hybridized carbons (Fsp3) is 0.0476. The molecule has 2 heterocycles. The van der Waals surface area contributed by atoms with Crippen LogP contribution in [0.3, 0.4) is 0 Å². The van der Waals surface area contributed by atoms with Crippen molar-refractivity contribution in [2.24, 2.45) is 5.10 Å². The van der Waals surface area contributed by atoms with Crippen molar-refractivity contribution < 1.29 is 0 Å². The second-order valence-corrected chi connectivity index (χ2v) is 5.93. The van der Waals surface area contributed by atoms with E-state index < -0.39 is 0 Å². The van der Waals surface area contributed by atoms with Gasteiger partial charge in [0.1, 0.15) is 0 Å². The number of benzene rings is 2. The second-order valence-electron chi connectivity index (χ2n) is 5.93. The molecule has 4 rings (SSSR count). The summed E-state index contributed by atoms with van der Waals surface area (Å²) in [6.45, 7) is 2.06. The van der Waals surface area contributed by atoms with E-state index in [2.05, 4.69) is 39.6 Å². The van der Waals surface area contributed by atoms with Crippen LogP contribution in [0.25, 0.3) is 22.3 Å². The lowest BCUT2D eigenvalue weighted by atomic mass is 10.1. The van der Waals surface area contributed by atoms with Crippen molar-refractivity contribution in [3.8, 4) is 11.4 Å². The number of nitrogens with one attached hydrogen (secondary N) is 1. The molecule has 0 atom stereocenters. The Hall–Kier alpha value is -3.60. The zero-order valence-corrected chi connectivity index (χ0v) is 14.3. The van der Waals surface area contributed by atoms with Crippen LogP contribution in [0.5, 0.6) is 0 Å². The van der Waals surface area contributed by atoms with Crippen molar-refractivity contribution in [1.29, 1.82) is 0 Å². The third-order valence-corrected chi connectivity index (χ3v) is 4.00. The van der Waals surface area contributed by atoms with Crippen molar-refractivity contribution in [3.05, 3.63) is 84.2 Å². The quantitative estimate of drug-likeness (QED) is 0.441. The highest BCUT2D eigenvalue weighted by Gasteiger charge is 2.08. The molecule has 0 unspecified atom stereocenters. The lowest BCUT2D eigenvalue weighted by molar-refractivity contribution is 1.19. The molecule has 0 bridgehead atoms. The first kappa shape index (κ1) is 15.9. The van der Waals surface area contributed by atoms with Crippen LogP contribution in [-0.2, 0) is 0 Å². The van der Waals surface area contributed by atoms with Gasteiger partial charge in [-0.2, -0.15) is 5.10 Å². The molecule has 0 aliphatic carbocycles. The van der Waals surface area contributed by atoms with Crippen LogP contribution in [0, 0.1) is 6.92 Å². The van der Waals surface area contributed by atoms with E-state index in [0.717, 1.165) is 22.0 Å². The maximum Gasteiger partial charge on any atom is 0.162 e. The topological polar surface area (TPSA) is 63.1 Å². The lowest BCUT2D eigenvalue weighted by Crippen LogP contribution is -1.99. The van der Waals surface area contributed by atoms with Gasteiger partial charge in [0.05, 0.1) is 11.7 Å². The smallest absolute Gasteiger partial charge is 0.162 e. The summed E-state index contributed by atoms with van der Waals surface area (Å²) in [6, 6.07) is 19.9. The largest absolute Gasteiger partial charge is 0.265 e. The van der Waals surface area contributed by atoms with Gasteiger partial charge in [0.15, 0.2) is 11.6 Å². The molecule has 0 spiro atoms. The van der Waals surface area contributed by atoms with Gasteiger partial charge in [0.2, 0.25) is 0 Å². The summed E-state index contributed by atoms with van der Waals surface area (Å²) in [6.07, 6.45) is 5.21. The van der Waals surface area contributed by atoms with E-state index in [0.29, 0.717) is 11.6 Å². The molecule has 0 saturated heterocycles. The third kappa shape index (κ3) is 3.42. The Morgan fingerprint density at radius 3 is 2.46 bits per heavy atom. The highest BCUT2D eigenvalue weighted by atomic mass is 15.3. The molecule has 0 aliphatic heterocycles. The first-order valence-electron chi connectivity index (χ1n) is 8.32. The van der Waals surface area contributed by atoms with Crippen molar-refractivity contribution in [3.63, 3.8) is 0 Å². The van der Waals surface area contributed by atoms with Gasteiger partial charge in [0.25, 0.3) is 0 Å². The Labute approximate surface area is 151 Å². The number of aryl methyl sites for hydroxylation is 1. The molecule has 0 fully saturated rings. The van der Waals surface area contributed by atoms with Gasteiger partial charge < -0.3 is 0 Å². The number of hydrogen-bond donors (Lipinski definition) is 1. The summed E-state index contributed by atoms with van der Waals surface area (Å²) in [5, 5.41) is 5.24. The molecule has 2 aromatic carbocycles. The summed E-state index contributed by atoms with van der Waals surface area (Å²) in [4.78, 5) is 13.4. The van der Waals surface area contributed by atoms with Crippen LogP contribution in [0.2, 0.25) is 0 Å². The Kier molecular flexibility index (Phi) is 4.35. The van der Waals surface area contributed by atoms with Crippen molar-refractivity contribution >= 4 is 22.9 Å². The average Bonchev–Trinajstić information content (AvgIpc) is 2.69. The second kappa shape index (κ2) is 7.11.